The van der Waals surface area contributed by atoms with E-state index in [2.05, 4.69) is 17.5 Å². The Morgan fingerprint density at radius 2 is 1.82 bits per heavy atom. The normalized spacial score (nSPS) is 11.0. The maximum atomic E-state index is 12.2. The van der Waals surface area contributed by atoms with E-state index < -0.39 is 17.6 Å². The first kappa shape index (κ1) is 13.4. The van der Waals surface area contributed by atoms with Crippen molar-refractivity contribution in [3.05, 3.63) is 29.8 Å². The van der Waals surface area contributed by atoms with E-state index >= 15 is 0 Å². The standard InChI is InChI=1S/C10H9F3N2OS/c11-10(12,13)6-1-3-7(4-2-6)15-9(16)5-8(14)17/h1-4H,5H2,(H2,14,17)(H,15,16). The molecule has 0 heterocycles. The highest BCUT2D eigenvalue weighted by Gasteiger charge is 2.29. The van der Waals surface area contributed by atoms with E-state index in [0.29, 0.717) is 0 Å². The quantitative estimate of drug-likeness (QED) is 0.822. The molecule has 17 heavy (non-hydrogen) atoms. The number of amides is 1. The second-order valence-corrected chi connectivity index (χ2v) is 3.79. The van der Waals surface area contributed by atoms with Crippen LogP contribution in [0.2, 0.25) is 0 Å². The van der Waals surface area contributed by atoms with E-state index in [9.17, 15) is 18.0 Å². The molecule has 1 aromatic rings. The Labute approximate surface area is 101 Å². The van der Waals surface area contributed by atoms with E-state index in [1.54, 1.807) is 0 Å². The van der Waals surface area contributed by atoms with Gasteiger partial charge in [0.25, 0.3) is 0 Å². The minimum Gasteiger partial charge on any atom is -0.393 e. The maximum Gasteiger partial charge on any atom is 0.416 e. The molecule has 7 heteroatoms. The van der Waals surface area contributed by atoms with Crippen LogP contribution in [0.5, 0.6) is 0 Å². The van der Waals surface area contributed by atoms with Gasteiger partial charge in [-0.1, -0.05) is 12.2 Å². The Balaban J connectivity index is 2.69. The van der Waals surface area contributed by atoms with E-state index in [-0.39, 0.29) is 17.1 Å². The van der Waals surface area contributed by atoms with Gasteiger partial charge in [-0.15, -0.1) is 0 Å². The lowest BCUT2D eigenvalue weighted by atomic mass is 10.2. The monoisotopic (exact) mass is 262 g/mol. The summed E-state index contributed by atoms with van der Waals surface area (Å²) in [5, 5.41) is 2.38. The fraction of sp³-hybridized carbons (Fsp3) is 0.200. The third kappa shape index (κ3) is 4.39. The van der Waals surface area contributed by atoms with Crippen LogP contribution < -0.4 is 11.1 Å². The zero-order valence-corrected chi connectivity index (χ0v) is 9.36. The molecule has 3 N–H and O–H groups in total. The second-order valence-electron chi connectivity index (χ2n) is 3.27. The van der Waals surface area contributed by atoms with Crippen molar-refractivity contribution < 1.29 is 18.0 Å². The molecule has 0 spiro atoms. The number of rotatable bonds is 3. The molecule has 0 saturated carbocycles. The van der Waals surface area contributed by atoms with Crippen molar-refractivity contribution in [3.63, 3.8) is 0 Å². The summed E-state index contributed by atoms with van der Waals surface area (Å²) in [5.74, 6) is -0.461. The number of hydrogen-bond acceptors (Lipinski definition) is 2. The molecule has 0 aliphatic heterocycles. The molecule has 92 valence electrons. The number of hydrogen-bond donors (Lipinski definition) is 2. The van der Waals surface area contributed by atoms with Crippen molar-refractivity contribution >= 4 is 28.8 Å². The van der Waals surface area contributed by atoms with E-state index in [1.807, 2.05) is 0 Å². The number of nitrogens with one attached hydrogen (secondary N) is 1. The van der Waals surface area contributed by atoms with Crippen LogP contribution in [0.25, 0.3) is 0 Å². The van der Waals surface area contributed by atoms with Gasteiger partial charge in [0.15, 0.2) is 0 Å². The zero-order chi connectivity index (χ0) is 13.1. The van der Waals surface area contributed by atoms with Crippen LogP contribution in [0.3, 0.4) is 0 Å². The topological polar surface area (TPSA) is 55.1 Å². The second kappa shape index (κ2) is 5.13. The summed E-state index contributed by atoms with van der Waals surface area (Å²) >= 11 is 4.53. The molecule has 0 aromatic heterocycles. The molecule has 3 nitrogen and oxygen atoms in total. The minimum atomic E-state index is -4.39. The van der Waals surface area contributed by atoms with Crippen LogP contribution in [0.1, 0.15) is 12.0 Å². The highest BCUT2D eigenvalue weighted by molar-refractivity contribution is 7.80. The van der Waals surface area contributed by atoms with Crippen LogP contribution in [-0.2, 0) is 11.0 Å². The molecule has 0 atom stereocenters. The van der Waals surface area contributed by atoms with E-state index in [1.165, 1.54) is 12.1 Å². The lowest BCUT2D eigenvalue weighted by Crippen LogP contribution is -2.20. The van der Waals surface area contributed by atoms with Gasteiger partial charge in [0, 0.05) is 5.69 Å². The Bertz CT molecular complexity index is 428. The summed E-state index contributed by atoms with van der Waals surface area (Å²) < 4.78 is 36.7. The average Bonchev–Trinajstić information content (AvgIpc) is 2.15. The highest BCUT2D eigenvalue weighted by atomic mass is 32.1. The summed E-state index contributed by atoms with van der Waals surface area (Å²) in [7, 11) is 0. The molecule has 0 fully saturated rings. The zero-order valence-electron chi connectivity index (χ0n) is 8.54. The van der Waals surface area contributed by atoms with Crippen molar-refractivity contribution in [1.82, 2.24) is 0 Å². The molecule has 0 unspecified atom stereocenters. The van der Waals surface area contributed by atoms with E-state index in [0.717, 1.165) is 12.1 Å². The number of anilines is 1. The number of halogens is 3. The van der Waals surface area contributed by atoms with Gasteiger partial charge in [-0.25, -0.2) is 0 Å². The lowest BCUT2D eigenvalue weighted by molar-refractivity contribution is -0.137. The summed E-state index contributed by atoms with van der Waals surface area (Å²) in [4.78, 5) is 11.2. The molecule has 0 bridgehead atoms. The first-order valence-corrected chi connectivity index (χ1v) is 4.95. The number of alkyl halides is 3. The van der Waals surface area contributed by atoms with Gasteiger partial charge in [0.2, 0.25) is 5.91 Å². The van der Waals surface area contributed by atoms with Gasteiger partial charge in [0.1, 0.15) is 0 Å². The van der Waals surface area contributed by atoms with Gasteiger partial charge in [0.05, 0.1) is 17.0 Å². The number of carbonyl (C=O) groups is 1. The predicted molar refractivity (Wildman–Crippen MR) is 61.5 cm³/mol. The van der Waals surface area contributed by atoms with Gasteiger partial charge < -0.3 is 11.1 Å². The summed E-state index contributed by atoms with van der Waals surface area (Å²) in [6.45, 7) is 0. The first-order valence-electron chi connectivity index (χ1n) is 4.54. The smallest absolute Gasteiger partial charge is 0.393 e. The van der Waals surface area contributed by atoms with Crippen molar-refractivity contribution in [2.24, 2.45) is 5.73 Å². The predicted octanol–water partition coefficient (Wildman–Crippen LogP) is 2.32. The molecular weight excluding hydrogens is 253 g/mol. The van der Waals surface area contributed by atoms with Crippen LogP contribution in [0.15, 0.2) is 24.3 Å². The molecule has 0 aliphatic rings. The largest absolute Gasteiger partial charge is 0.416 e. The van der Waals surface area contributed by atoms with Gasteiger partial charge in [-0.05, 0) is 24.3 Å². The van der Waals surface area contributed by atoms with Crippen molar-refractivity contribution in [1.29, 1.82) is 0 Å². The highest BCUT2D eigenvalue weighted by Crippen LogP contribution is 2.29. The van der Waals surface area contributed by atoms with E-state index in [4.69, 9.17) is 5.73 Å². The van der Waals surface area contributed by atoms with Crippen LogP contribution in [0.4, 0.5) is 18.9 Å². The molecule has 1 rings (SSSR count). The molecule has 1 aromatic carbocycles. The number of thiocarbonyl (C=S) groups is 1. The number of benzene rings is 1. The van der Waals surface area contributed by atoms with Gasteiger partial charge in [-0.2, -0.15) is 13.2 Å². The molecular formula is C10H9F3N2OS. The molecule has 0 radical (unpaired) electrons. The van der Waals surface area contributed by atoms with Crippen LogP contribution in [-0.4, -0.2) is 10.9 Å². The van der Waals surface area contributed by atoms with Gasteiger partial charge in [-0.3, -0.25) is 4.79 Å². The third-order valence-electron chi connectivity index (χ3n) is 1.83. The summed E-state index contributed by atoms with van der Waals surface area (Å²) in [6, 6.07) is 4.10. The first-order chi connectivity index (χ1) is 7.79. The fourth-order valence-corrected chi connectivity index (χ4v) is 1.24. The van der Waals surface area contributed by atoms with Crippen LogP contribution >= 0.6 is 12.2 Å². The Morgan fingerprint density at radius 1 is 1.29 bits per heavy atom. The van der Waals surface area contributed by atoms with Crippen molar-refractivity contribution in [2.75, 3.05) is 5.32 Å². The molecule has 0 aliphatic carbocycles. The average molecular weight is 262 g/mol. The van der Waals surface area contributed by atoms with Crippen molar-refractivity contribution in [2.45, 2.75) is 12.6 Å². The fourth-order valence-electron chi connectivity index (χ4n) is 1.11. The summed E-state index contributed by atoms with van der Waals surface area (Å²) in [5.41, 5.74) is 4.64. The lowest BCUT2D eigenvalue weighted by Gasteiger charge is -2.08. The number of carbonyl (C=O) groups excluding carboxylic acids is 1. The molecule has 0 saturated heterocycles. The maximum absolute atomic E-state index is 12.2. The third-order valence-corrected chi connectivity index (χ3v) is 1.98. The summed E-state index contributed by atoms with van der Waals surface area (Å²) in [6.07, 6.45) is -4.53. The Kier molecular flexibility index (Phi) is 4.06. The van der Waals surface area contributed by atoms with Gasteiger partial charge >= 0.3 is 6.18 Å². The Morgan fingerprint density at radius 3 is 2.24 bits per heavy atom. The SMILES string of the molecule is NC(=S)CC(=O)Nc1ccc(C(F)(F)F)cc1. The number of nitrogens with two attached hydrogens (primary N) is 1. The minimum absolute atomic E-state index is 0.0226. The van der Waals surface area contributed by atoms with Crippen molar-refractivity contribution in [3.8, 4) is 0 Å². The Hall–Kier alpha value is -1.63. The van der Waals surface area contributed by atoms with Crippen LogP contribution in [0, 0.1) is 0 Å². The molecule has 1 amide bonds.